The van der Waals surface area contributed by atoms with E-state index in [2.05, 4.69) is 22.0 Å². The Hall–Kier alpha value is -0.840. The molecule has 1 saturated carbocycles. The molecule has 2 aromatic rings. The molecule has 0 atom stereocenters. The third-order valence-electron chi connectivity index (χ3n) is 2.90. The number of aromatic nitrogens is 2. The first-order valence-corrected chi connectivity index (χ1v) is 6.98. The molecule has 3 nitrogen and oxygen atoms in total. The molecule has 5 heteroatoms. The second-order valence-electron chi connectivity index (χ2n) is 4.47. The summed E-state index contributed by atoms with van der Waals surface area (Å²) in [6.45, 7) is 0.890. The maximum absolute atomic E-state index is 5.98. The van der Waals surface area contributed by atoms with Crippen LogP contribution in [-0.4, -0.2) is 15.8 Å². The van der Waals surface area contributed by atoms with Gasteiger partial charge in [0.25, 0.3) is 0 Å². The lowest BCUT2D eigenvalue weighted by Gasteiger charge is -2.01. The molecule has 0 bridgehead atoms. The Kier molecular flexibility index (Phi) is 2.94. The Morgan fingerprint density at radius 2 is 2.41 bits per heavy atom. The highest BCUT2D eigenvalue weighted by atomic mass is 35.5. The van der Waals surface area contributed by atoms with Crippen molar-refractivity contribution in [1.29, 1.82) is 0 Å². The van der Waals surface area contributed by atoms with E-state index >= 15 is 0 Å². The molecule has 0 unspecified atom stereocenters. The number of halogens is 1. The highest BCUT2D eigenvalue weighted by Crippen LogP contribution is 2.30. The molecule has 1 N–H and O–H groups in total. The second-order valence-corrected chi connectivity index (χ2v) is 6.01. The number of hydrogen-bond acceptors (Lipinski definition) is 3. The maximum Gasteiger partial charge on any atom is 0.0976 e. The van der Waals surface area contributed by atoms with Gasteiger partial charge >= 0.3 is 0 Å². The Balaban J connectivity index is 1.86. The van der Waals surface area contributed by atoms with Gasteiger partial charge in [-0.25, -0.2) is 0 Å². The first kappa shape index (κ1) is 11.3. The van der Waals surface area contributed by atoms with Gasteiger partial charge in [-0.05, 0) is 18.9 Å². The average molecular weight is 268 g/mol. The summed E-state index contributed by atoms with van der Waals surface area (Å²) in [5, 5.41) is 10.1. The summed E-state index contributed by atoms with van der Waals surface area (Å²) in [6, 6.07) is 2.70. The van der Waals surface area contributed by atoms with Crippen LogP contribution in [0.5, 0.6) is 0 Å². The van der Waals surface area contributed by atoms with Gasteiger partial charge in [-0.3, -0.25) is 4.68 Å². The van der Waals surface area contributed by atoms with E-state index < -0.39 is 0 Å². The summed E-state index contributed by atoms with van der Waals surface area (Å²) in [6.07, 6.45) is 4.69. The number of rotatable bonds is 4. The van der Waals surface area contributed by atoms with Gasteiger partial charge in [0.1, 0.15) is 0 Å². The second kappa shape index (κ2) is 4.44. The zero-order valence-corrected chi connectivity index (χ0v) is 11.2. The van der Waals surface area contributed by atoms with Crippen LogP contribution in [-0.2, 0) is 13.6 Å². The smallest absolute Gasteiger partial charge is 0.0976 e. The lowest BCUT2D eigenvalue weighted by molar-refractivity contribution is 0.687. The number of nitrogens with one attached hydrogen (secondary N) is 1. The van der Waals surface area contributed by atoms with Crippen molar-refractivity contribution >= 4 is 22.9 Å². The van der Waals surface area contributed by atoms with Gasteiger partial charge in [-0.1, -0.05) is 11.6 Å². The minimum Gasteiger partial charge on any atom is -0.310 e. The van der Waals surface area contributed by atoms with E-state index in [4.69, 9.17) is 11.6 Å². The average Bonchev–Trinajstić information content (AvgIpc) is 2.91. The maximum atomic E-state index is 5.98. The quantitative estimate of drug-likeness (QED) is 0.923. The van der Waals surface area contributed by atoms with Crippen molar-refractivity contribution in [1.82, 2.24) is 15.1 Å². The topological polar surface area (TPSA) is 29.9 Å². The standard InChI is InChI=1S/C12H14ClN3S/c1-16-6-9(5-14-10-2-3-10)12(15-16)8-4-11(13)17-7-8/h4,6-7,10,14H,2-3,5H2,1H3. The van der Waals surface area contributed by atoms with Crippen LogP contribution >= 0.6 is 22.9 Å². The third kappa shape index (κ3) is 2.54. The summed E-state index contributed by atoms with van der Waals surface area (Å²) in [5.74, 6) is 0. The van der Waals surface area contributed by atoms with Crippen LogP contribution in [0.4, 0.5) is 0 Å². The normalized spacial score (nSPS) is 15.4. The minimum atomic E-state index is 0.717. The predicted molar refractivity (Wildman–Crippen MR) is 71.4 cm³/mol. The zero-order valence-electron chi connectivity index (χ0n) is 9.61. The molecule has 2 aromatic heterocycles. The van der Waals surface area contributed by atoms with E-state index in [-0.39, 0.29) is 0 Å². The van der Waals surface area contributed by atoms with Gasteiger partial charge in [0.15, 0.2) is 0 Å². The van der Waals surface area contributed by atoms with Crippen molar-refractivity contribution in [2.45, 2.75) is 25.4 Å². The van der Waals surface area contributed by atoms with Gasteiger partial charge in [0.2, 0.25) is 0 Å². The summed E-state index contributed by atoms with van der Waals surface area (Å²) in [4.78, 5) is 0. The molecule has 1 aliphatic carbocycles. The summed E-state index contributed by atoms with van der Waals surface area (Å²) < 4.78 is 2.68. The van der Waals surface area contributed by atoms with E-state index in [1.165, 1.54) is 18.4 Å². The van der Waals surface area contributed by atoms with Gasteiger partial charge < -0.3 is 5.32 Å². The van der Waals surface area contributed by atoms with Crippen molar-refractivity contribution in [3.8, 4) is 11.3 Å². The molecule has 1 aliphatic rings. The molecule has 3 rings (SSSR count). The fourth-order valence-corrected chi connectivity index (χ4v) is 2.75. The summed E-state index contributed by atoms with van der Waals surface area (Å²) >= 11 is 7.52. The number of hydrogen-bond donors (Lipinski definition) is 1. The Morgan fingerprint density at radius 1 is 1.59 bits per heavy atom. The van der Waals surface area contributed by atoms with Gasteiger partial charge in [0, 0.05) is 42.3 Å². The highest BCUT2D eigenvalue weighted by Gasteiger charge is 2.21. The van der Waals surface area contributed by atoms with Crippen LogP contribution in [0.25, 0.3) is 11.3 Å². The summed E-state index contributed by atoms with van der Waals surface area (Å²) in [7, 11) is 1.96. The van der Waals surface area contributed by atoms with Crippen molar-refractivity contribution in [2.24, 2.45) is 7.05 Å². The minimum absolute atomic E-state index is 0.717. The van der Waals surface area contributed by atoms with Gasteiger partial charge in [-0.15, -0.1) is 11.3 Å². The molecule has 1 fully saturated rings. The fourth-order valence-electron chi connectivity index (χ4n) is 1.89. The first-order valence-electron chi connectivity index (χ1n) is 5.72. The SMILES string of the molecule is Cn1cc(CNC2CC2)c(-c2csc(Cl)c2)n1. The van der Waals surface area contributed by atoms with Crippen molar-refractivity contribution in [2.75, 3.05) is 0 Å². The van der Waals surface area contributed by atoms with Crippen molar-refractivity contribution in [3.05, 3.63) is 27.5 Å². The molecule has 0 aromatic carbocycles. The number of aryl methyl sites for hydroxylation is 1. The molecule has 0 amide bonds. The van der Waals surface area contributed by atoms with Crippen LogP contribution < -0.4 is 5.32 Å². The Labute approximate surface area is 109 Å². The number of thiophene rings is 1. The molecular formula is C12H14ClN3S. The van der Waals surface area contributed by atoms with Crippen LogP contribution in [0, 0.1) is 0 Å². The summed E-state index contributed by atoms with van der Waals surface area (Å²) in [5.41, 5.74) is 3.41. The Morgan fingerprint density at radius 3 is 3.06 bits per heavy atom. The van der Waals surface area contributed by atoms with E-state index in [1.54, 1.807) is 11.3 Å². The molecule has 0 spiro atoms. The highest BCUT2D eigenvalue weighted by molar-refractivity contribution is 7.14. The van der Waals surface area contributed by atoms with E-state index in [0.717, 1.165) is 22.1 Å². The molecule has 0 aliphatic heterocycles. The molecule has 0 radical (unpaired) electrons. The molecule has 2 heterocycles. The third-order valence-corrected chi connectivity index (χ3v) is 4.00. The monoisotopic (exact) mass is 267 g/mol. The molecular weight excluding hydrogens is 254 g/mol. The first-order chi connectivity index (χ1) is 8.22. The van der Waals surface area contributed by atoms with Gasteiger partial charge in [-0.2, -0.15) is 5.10 Å². The van der Waals surface area contributed by atoms with E-state index in [0.29, 0.717) is 6.04 Å². The van der Waals surface area contributed by atoms with E-state index in [9.17, 15) is 0 Å². The van der Waals surface area contributed by atoms with Crippen LogP contribution in [0.15, 0.2) is 17.6 Å². The van der Waals surface area contributed by atoms with Crippen LogP contribution in [0.1, 0.15) is 18.4 Å². The van der Waals surface area contributed by atoms with E-state index in [1.807, 2.05) is 17.8 Å². The molecule has 17 heavy (non-hydrogen) atoms. The van der Waals surface area contributed by atoms with Crippen LogP contribution in [0.2, 0.25) is 4.34 Å². The molecule has 90 valence electrons. The zero-order chi connectivity index (χ0) is 11.8. The number of nitrogens with zero attached hydrogens (tertiary/aromatic N) is 2. The predicted octanol–water partition coefficient (Wildman–Crippen LogP) is 3.05. The molecule has 0 saturated heterocycles. The lowest BCUT2D eigenvalue weighted by atomic mass is 10.1. The van der Waals surface area contributed by atoms with Gasteiger partial charge in [0.05, 0.1) is 10.0 Å². The van der Waals surface area contributed by atoms with Crippen molar-refractivity contribution < 1.29 is 0 Å². The lowest BCUT2D eigenvalue weighted by Crippen LogP contribution is -2.15. The fraction of sp³-hybridized carbons (Fsp3) is 0.417. The van der Waals surface area contributed by atoms with Crippen LogP contribution in [0.3, 0.4) is 0 Å². The van der Waals surface area contributed by atoms with Crippen molar-refractivity contribution in [3.63, 3.8) is 0 Å². The Bertz CT molecular complexity index is 528. The largest absolute Gasteiger partial charge is 0.310 e.